The molecule has 0 radical (unpaired) electrons. The minimum absolute atomic E-state index is 0.0637. The van der Waals surface area contributed by atoms with Crippen LogP contribution >= 0.6 is 0 Å². The molecule has 0 heterocycles. The molecule has 0 aromatic carbocycles. The molecule has 7 unspecified atom stereocenters. The summed E-state index contributed by atoms with van der Waals surface area (Å²) in [6.45, 7) is 8.55. The lowest BCUT2D eigenvalue weighted by Gasteiger charge is -2.59. The summed E-state index contributed by atoms with van der Waals surface area (Å²) in [5.41, 5.74) is -0.364. The molecule has 0 spiro atoms. The Kier molecular flexibility index (Phi) is 5.09. The van der Waals surface area contributed by atoms with Crippen molar-refractivity contribution < 1.29 is 14.7 Å². The molecule has 4 aliphatic carbocycles. The minimum atomic E-state index is -0.586. The van der Waals surface area contributed by atoms with Gasteiger partial charge in [-0.1, -0.05) is 20.3 Å². The summed E-state index contributed by atoms with van der Waals surface area (Å²) in [6, 6.07) is 0. The van der Waals surface area contributed by atoms with Gasteiger partial charge in [-0.2, -0.15) is 0 Å². The summed E-state index contributed by atoms with van der Waals surface area (Å²) in [5, 5.41) is 10.1. The highest BCUT2D eigenvalue weighted by molar-refractivity contribution is 5.85. The number of rotatable bonds is 4. The van der Waals surface area contributed by atoms with Crippen LogP contribution in [0.5, 0.6) is 0 Å². The Labute approximate surface area is 171 Å². The van der Waals surface area contributed by atoms with Gasteiger partial charge in [-0.25, -0.2) is 0 Å². The average molecular weight is 389 g/mol. The van der Waals surface area contributed by atoms with E-state index in [1.807, 2.05) is 13.8 Å². The van der Waals surface area contributed by atoms with E-state index in [9.17, 15) is 14.7 Å². The molecular formula is C25H40O3. The van der Waals surface area contributed by atoms with Crippen LogP contribution in [-0.4, -0.2) is 22.3 Å². The van der Waals surface area contributed by atoms with Gasteiger partial charge in [-0.05, 0) is 93.3 Å². The van der Waals surface area contributed by atoms with Gasteiger partial charge in [0.2, 0.25) is 0 Å². The van der Waals surface area contributed by atoms with Crippen molar-refractivity contribution in [3.05, 3.63) is 0 Å². The van der Waals surface area contributed by atoms with Crippen molar-refractivity contribution in [2.45, 2.75) is 104 Å². The molecule has 7 atom stereocenters. The highest BCUT2D eigenvalue weighted by Crippen LogP contribution is 2.66. The van der Waals surface area contributed by atoms with E-state index in [2.05, 4.69) is 13.8 Å². The highest BCUT2D eigenvalue weighted by Gasteiger charge is 2.62. The number of aliphatic hydroxyl groups is 1. The lowest BCUT2D eigenvalue weighted by atomic mass is 9.44. The van der Waals surface area contributed by atoms with Crippen molar-refractivity contribution >= 4 is 11.6 Å². The Hall–Kier alpha value is -0.700. The number of hydrogen-bond acceptors (Lipinski definition) is 3. The summed E-state index contributed by atoms with van der Waals surface area (Å²) in [5.74, 6) is 3.42. The van der Waals surface area contributed by atoms with Crippen molar-refractivity contribution in [2.24, 2.45) is 40.4 Å². The molecule has 0 amide bonds. The number of carbonyl (C=O) groups excluding carboxylic acids is 2. The topological polar surface area (TPSA) is 54.4 Å². The minimum Gasteiger partial charge on any atom is -0.390 e. The maximum absolute atomic E-state index is 13.6. The Morgan fingerprint density at radius 2 is 1.82 bits per heavy atom. The normalized spacial score (nSPS) is 46.1. The highest BCUT2D eigenvalue weighted by atomic mass is 16.3. The fourth-order valence-corrected chi connectivity index (χ4v) is 8.22. The summed E-state index contributed by atoms with van der Waals surface area (Å²) in [4.78, 5) is 25.6. The molecule has 4 fully saturated rings. The fourth-order valence-electron chi connectivity index (χ4n) is 8.22. The molecule has 3 nitrogen and oxygen atoms in total. The third-order valence-electron chi connectivity index (χ3n) is 9.70. The Bertz CT molecular complexity index is 647. The maximum Gasteiger partial charge on any atom is 0.137 e. The van der Waals surface area contributed by atoms with Crippen LogP contribution in [0, 0.1) is 40.4 Å². The molecule has 4 aliphatic rings. The van der Waals surface area contributed by atoms with Crippen LogP contribution in [-0.2, 0) is 9.59 Å². The molecular weight excluding hydrogens is 348 g/mol. The molecule has 0 aromatic rings. The summed E-state index contributed by atoms with van der Waals surface area (Å²) in [6.07, 6.45) is 11.0. The second-order valence-electron chi connectivity index (χ2n) is 11.9. The summed E-state index contributed by atoms with van der Waals surface area (Å²) < 4.78 is 0. The molecule has 0 aliphatic heterocycles. The lowest BCUT2D eigenvalue weighted by Crippen LogP contribution is -2.57. The van der Waals surface area contributed by atoms with Crippen LogP contribution in [0.3, 0.4) is 0 Å². The average Bonchev–Trinajstić information content (AvgIpc) is 2.90. The van der Waals surface area contributed by atoms with E-state index < -0.39 is 5.60 Å². The van der Waals surface area contributed by atoms with Gasteiger partial charge in [0.15, 0.2) is 0 Å². The third kappa shape index (κ3) is 3.30. The number of fused-ring (bicyclic) bond motifs is 5. The Morgan fingerprint density at radius 3 is 2.54 bits per heavy atom. The van der Waals surface area contributed by atoms with Gasteiger partial charge in [-0.15, -0.1) is 0 Å². The van der Waals surface area contributed by atoms with E-state index >= 15 is 0 Å². The first-order valence-electron chi connectivity index (χ1n) is 11.8. The lowest BCUT2D eigenvalue weighted by molar-refractivity contribution is -0.160. The van der Waals surface area contributed by atoms with E-state index in [0.717, 1.165) is 44.9 Å². The van der Waals surface area contributed by atoms with E-state index in [4.69, 9.17) is 0 Å². The van der Waals surface area contributed by atoms with Crippen molar-refractivity contribution in [1.29, 1.82) is 0 Å². The van der Waals surface area contributed by atoms with Crippen LogP contribution < -0.4 is 0 Å². The zero-order valence-electron chi connectivity index (χ0n) is 18.4. The van der Waals surface area contributed by atoms with Gasteiger partial charge in [0, 0.05) is 25.2 Å². The van der Waals surface area contributed by atoms with Crippen molar-refractivity contribution in [3.8, 4) is 0 Å². The SMILES string of the molecule is CC(C)(O)CCCC1CCC2C3CCC4CC(=O)CCC4(C)C3C(=O)CC12C. The third-order valence-corrected chi connectivity index (χ3v) is 9.70. The molecule has 3 heteroatoms. The van der Waals surface area contributed by atoms with Crippen LogP contribution in [0.15, 0.2) is 0 Å². The predicted molar refractivity (Wildman–Crippen MR) is 111 cm³/mol. The van der Waals surface area contributed by atoms with Gasteiger partial charge in [-0.3, -0.25) is 9.59 Å². The predicted octanol–water partition coefficient (Wildman–Crippen LogP) is 5.33. The van der Waals surface area contributed by atoms with E-state index in [1.54, 1.807) is 0 Å². The van der Waals surface area contributed by atoms with Crippen LogP contribution in [0.25, 0.3) is 0 Å². The fraction of sp³-hybridized carbons (Fsp3) is 0.920. The number of carbonyl (C=O) groups is 2. The van der Waals surface area contributed by atoms with E-state index in [-0.39, 0.29) is 16.7 Å². The van der Waals surface area contributed by atoms with Gasteiger partial charge in [0.25, 0.3) is 0 Å². The van der Waals surface area contributed by atoms with Crippen molar-refractivity contribution in [3.63, 3.8) is 0 Å². The molecule has 0 aromatic heterocycles. The number of hydrogen-bond donors (Lipinski definition) is 1. The van der Waals surface area contributed by atoms with Crippen LogP contribution in [0.1, 0.15) is 98.3 Å². The molecule has 1 N–H and O–H groups in total. The number of Topliss-reactive ketones (excluding diaryl/α,β-unsaturated/α-hetero) is 2. The maximum atomic E-state index is 13.6. The summed E-state index contributed by atoms with van der Waals surface area (Å²) in [7, 11) is 0. The Balaban J connectivity index is 1.52. The van der Waals surface area contributed by atoms with Crippen molar-refractivity contribution in [1.82, 2.24) is 0 Å². The standard InChI is InChI=1S/C25H40O3/c1-23(2,28)12-5-6-16-8-10-20-19-9-7-17-14-18(26)11-13-24(17,3)22(19)21(27)15-25(16,20)4/h16-17,19-20,22,28H,5-15H2,1-4H3. The van der Waals surface area contributed by atoms with Gasteiger partial charge in [0.05, 0.1) is 5.60 Å². The molecule has 28 heavy (non-hydrogen) atoms. The smallest absolute Gasteiger partial charge is 0.137 e. The van der Waals surface area contributed by atoms with Crippen LogP contribution in [0.2, 0.25) is 0 Å². The largest absolute Gasteiger partial charge is 0.390 e. The quantitative estimate of drug-likeness (QED) is 0.708. The number of ketones is 2. The first kappa shape index (κ1) is 20.6. The van der Waals surface area contributed by atoms with E-state index in [1.165, 1.54) is 12.8 Å². The van der Waals surface area contributed by atoms with Gasteiger partial charge in [0.1, 0.15) is 11.6 Å². The molecule has 158 valence electrons. The Morgan fingerprint density at radius 1 is 1.07 bits per heavy atom. The monoisotopic (exact) mass is 388 g/mol. The molecule has 4 saturated carbocycles. The van der Waals surface area contributed by atoms with Gasteiger partial charge < -0.3 is 5.11 Å². The first-order valence-corrected chi connectivity index (χ1v) is 11.8. The zero-order valence-corrected chi connectivity index (χ0v) is 18.4. The second kappa shape index (κ2) is 6.93. The van der Waals surface area contributed by atoms with Crippen molar-refractivity contribution in [2.75, 3.05) is 0 Å². The van der Waals surface area contributed by atoms with Crippen LogP contribution in [0.4, 0.5) is 0 Å². The first-order chi connectivity index (χ1) is 13.0. The molecule has 0 bridgehead atoms. The molecule has 0 saturated heterocycles. The zero-order chi connectivity index (χ0) is 20.3. The molecule has 4 rings (SSSR count). The summed E-state index contributed by atoms with van der Waals surface area (Å²) >= 11 is 0. The van der Waals surface area contributed by atoms with Gasteiger partial charge >= 0.3 is 0 Å². The van der Waals surface area contributed by atoms with E-state index in [0.29, 0.717) is 48.1 Å². The second-order valence-corrected chi connectivity index (χ2v) is 11.9.